The van der Waals surface area contributed by atoms with E-state index in [1.165, 1.54) is 0 Å². The van der Waals surface area contributed by atoms with Crippen molar-refractivity contribution in [1.29, 1.82) is 0 Å². The van der Waals surface area contributed by atoms with E-state index < -0.39 is 0 Å². The smallest absolute Gasteiger partial charge is 0.232 e. The molecule has 0 spiro atoms. The van der Waals surface area contributed by atoms with Gasteiger partial charge >= 0.3 is 0 Å². The molecule has 0 N–H and O–H groups in total. The summed E-state index contributed by atoms with van der Waals surface area (Å²) in [5.74, 6) is 0.907. The first-order chi connectivity index (χ1) is 12.6. The van der Waals surface area contributed by atoms with Crippen molar-refractivity contribution in [2.75, 3.05) is 6.54 Å². The van der Waals surface area contributed by atoms with E-state index >= 15 is 0 Å². The summed E-state index contributed by atoms with van der Waals surface area (Å²) in [7, 11) is 0. The minimum absolute atomic E-state index is 0.0671. The summed E-state index contributed by atoms with van der Waals surface area (Å²) in [5, 5.41) is 5.30. The average molecular weight is 388 g/mol. The lowest BCUT2D eigenvalue weighted by molar-refractivity contribution is -0.128. The highest BCUT2D eigenvalue weighted by atomic mass is 35.5. The van der Waals surface area contributed by atoms with Crippen LogP contribution in [0.25, 0.3) is 11.4 Å². The summed E-state index contributed by atoms with van der Waals surface area (Å²) in [4.78, 5) is 18.6. The van der Waals surface area contributed by atoms with Crippen molar-refractivity contribution >= 4 is 29.1 Å². The average Bonchev–Trinajstić information content (AvgIpc) is 3.23. The zero-order valence-corrected chi connectivity index (χ0v) is 15.2. The normalized spacial score (nSPS) is 17.1. The standard InChI is InChI=1S/C19H15Cl2N3O2/c20-15-5-1-3-12(7-15)10-24-11-14(9-17(24)25)19-22-18(23-26-19)13-4-2-6-16(21)8-13/h1-8,14H,9-11H2. The fourth-order valence-corrected chi connectivity index (χ4v) is 3.50. The van der Waals surface area contributed by atoms with Crippen LogP contribution in [0.1, 0.15) is 23.8 Å². The van der Waals surface area contributed by atoms with Gasteiger partial charge in [0.25, 0.3) is 0 Å². The molecule has 26 heavy (non-hydrogen) atoms. The van der Waals surface area contributed by atoms with E-state index in [2.05, 4.69) is 10.1 Å². The predicted molar refractivity (Wildman–Crippen MR) is 99.0 cm³/mol. The second-order valence-corrected chi connectivity index (χ2v) is 7.14. The molecule has 1 aliphatic heterocycles. The third kappa shape index (κ3) is 3.59. The van der Waals surface area contributed by atoms with Gasteiger partial charge in [0.05, 0.1) is 5.92 Å². The molecule has 1 saturated heterocycles. The van der Waals surface area contributed by atoms with Crippen molar-refractivity contribution in [3.05, 3.63) is 70.0 Å². The van der Waals surface area contributed by atoms with Crippen molar-refractivity contribution in [3.8, 4) is 11.4 Å². The first-order valence-electron chi connectivity index (χ1n) is 8.20. The number of aromatic nitrogens is 2. The van der Waals surface area contributed by atoms with Gasteiger partial charge in [-0.1, -0.05) is 52.6 Å². The number of amides is 1. The molecule has 0 aliphatic carbocycles. The molecule has 0 bridgehead atoms. The van der Waals surface area contributed by atoms with Gasteiger partial charge in [-0.3, -0.25) is 4.79 Å². The van der Waals surface area contributed by atoms with Gasteiger partial charge in [-0.2, -0.15) is 4.98 Å². The topological polar surface area (TPSA) is 59.2 Å². The molecule has 1 fully saturated rings. The minimum atomic E-state index is -0.109. The maximum absolute atomic E-state index is 12.4. The predicted octanol–water partition coefficient (Wildman–Crippen LogP) is 4.56. The van der Waals surface area contributed by atoms with Crippen molar-refractivity contribution < 1.29 is 9.32 Å². The highest BCUT2D eigenvalue weighted by Crippen LogP contribution is 2.30. The number of carbonyl (C=O) groups is 1. The lowest BCUT2D eigenvalue weighted by Gasteiger charge is -2.16. The number of nitrogens with zero attached hydrogens (tertiary/aromatic N) is 3. The molecule has 1 atom stereocenters. The molecule has 5 nitrogen and oxygen atoms in total. The van der Waals surface area contributed by atoms with E-state index in [1.54, 1.807) is 17.0 Å². The van der Waals surface area contributed by atoms with Crippen molar-refractivity contribution in [2.45, 2.75) is 18.9 Å². The summed E-state index contributed by atoms with van der Waals surface area (Å²) in [6, 6.07) is 14.8. The van der Waals surface area contributed by atoms with Crippen molar-refractivity contribution in [2.24, 2.45) is 0 Å². The van der Waals surface area contributed by atoms with Gasteiger partial charge in [-0.15, -0.1) is 0 Å². The zero-order chi connectivity index (χ0) is 18.1. The second kappa shape index (κ2) is 7.09. The molecular formula is C19H15Cl2N3O2. The molecule has 132 valence electrons. The Morgan fingerprint density at radius 3 is 2.65 bits per heavy atom. The van der Waals surface area contributed by atoms with Gasteiger partial charge in [-0.25, -0.2) is 0 Å². The maximum Gasteiger partial charge on any atom is 0.232 e. The lowest BCUT2D eigenvalue weighted by atomic mass is 10.1. The molecule has 1 aliphatic rings. The van der Waals surface area contributed by atoms with Gasteiger partial charge in [0.1, 0.15) is 0 Å². The fraction of sp³-hybridized carbons (Fsp3) is 0.211. The molecule has 2 heterocycles. The molecule has 3 aromatic rings. The number of hydrogen-bond donors (Lipinski definition) is 0. The summed E-state index contributed by atoms with van der Waals surface area (Å²) < 4.78 is 5.40. The van der Waals surface area contributed by atoms with Gasteiger partial charge < -0.3 is 9.42 Å². The molecule has 0 saturated carbocycles. The summed E-state index contributed by atoms with van der Waals surface area (Å²) in [6.45, 7) is 1.06. The highest BCUT2D eigenvalue weighted by Gasteiger charge is 2.34. The van der Waals surface area contributed by atoms with E-state index in [1.807, 2.05) is 36.4 Å². The van der Waals surface area contributed by atoms with Crippen LogP contribution in [0.3, 0.4) is 0 Å². The summed E-state index contributed by atoms with van der Waals surface area (Å²) in [6.07, 6.45) is 0.359. The van der Waals surface area contributed by atoms with Crippen LogP contribution in [-0.4, -0.2) is 27.5 Å². The Kier molecular flexibility index (Phi) is 4.66. The van der Waals surface area contributed by atoms with E-state index in [4.69, 9.17) is 27.7 Å². The molecule has 7 heteroatoms. The number of carbonyl (C=O) groups excluding carboxylic acids is 1. The Morgan fingerprint density at radius 2 is 1.88 bits per heavy atom. The minimum Gasteiger partial charge on any atom is -0.339 e. The SMILES string of the molecule is O=C1CC(c2nc(-c3cccc(Cl)c3)no2)CN1Cc1cccc(Cl)c1. The van der Waals surface area contributed by atoms with Crippen LogP contribution >= 0.6 is 23.2 Å². The molecule has 1 unspecified atom stereocenters. The number of benzene rings is 2. The Hall–Kier alpha value is -2.37. The van der Waals surface area contributed by atoms with E-state index in [0.29, 0.717) is 41.3 Å². The first-order valence-corrected chi connectivity index (χ1v) is 8.96. The second-order valence-electron chi connectivity index (χ2n) is 6.27. The van der Waals surface area contributed by atoms with Gasteiger partial charge in [0, 0.05) is 35.1 Å². The Morgan fingerprint density at radius 1 is 1.12 bits per heavy atom. The summed E-state index contributed by atoms with van der Waals surface area (Å²) in [5.41, 5.74) is 1.78. The summed E-state index contributed by atoms with van der Waals surface area (Å²) >= 11 is 12.0. The van der Waals surface area contributed by atoms with Gasteiger partial charge in [0.15, 0.2) is 0 Å². The Labute approximate surface area is 160 Å². The third-order valence-corrected chi connectivity index (χ3v) is 4.82. The van der Waals surface area contributed by atoms with Crippen molar-refractivity contribution in [3.63, 3.8) is 0 Å². The molecule has 4 rings (SSSR count). The van der Waals surface area contributed by atoms with Gasteiger partial charge in [0.2, 0.25) is 17.6 Å². The molecule has 1 aromatic heterocycles. The van der Waals surface area contributed by atoms with Crippen LogP contribution in [-0.2, 0) is 11.3 Å². The first kappa shape index (κ1) is 17.1. The number of rotatable bonds is 4. The fourth-order valence-electron chi connectivity index (χ4n) is 3.09. The van der Waals surface area contributed by atoms with E-state index in [0.717, 1.165) is 11.1 Å². The quantitative estimate of drug-likeness (QED) is 0.658. The third-order valence-electron chi connectivity index (χ3n) is 4.35. The Balaban J connectivity index is 1.49. The molecule has 0 radical (unpaired) electrons. The van der Waals surface area contributed by atoms with E-state index in [9.17, 15) is 4.79 Å². The van der Waals surface area contributed by atoms with Crippen LogP contribution in [0.5, 0.6) is 0 Å². The van der Waals surface area contributed by atoms with Crippen LogP contribution < -0.4 is 0 Å². The highest BCUT2D eigenvalue weighted by molar-refractivity contribution is 6.31. The van der Waals surface area contributed by atoms with Gasteiger partial charge in [-0.05, 0) is 29.8 Å². The number of likely N-dealkylation sites (tertiary alicyclic amines) is 1. The maximum atomic E-state index is 12.4. The van der Waals surface area contributed by atoms with Crippen LogP contribution in [0.4, 0.5) is 0 Å². The number of hydrogen-bond acceptors (Lipinski definition) is 4. The lowest BCUT2D eigenvalue weighted by Crippen LogP contribution is -2.24. The monoisotopic (exact) mass is 387 g/mol. The molecular weight excluding hydrogens is 373 g/mol. The van der Waals surface area contributed by atoms with Crippen LogP contribution in [0.2, 0.25) is 10.0 Å². The largest absolute Gasteiger partial charge is 0.339 e. The van der Waals surface area contributed by atoms with Crippen LogP contribution in [0.15, 0.2) is 53.1 Å². The van der Waals surface area contributed by atoms with Crippen molar-refractivity contribution in [1.82, 2.24) is 15.0 Å². The van der Waals surface area contributed by atoms with E-state index in [-0.39, 0.29) is 11.8 Å². The Bertz CT molecular complexity index is 957. The zero-order valence-electron chi connectivity index (χ0n) is 13.7. The van der Waals surface area contributed by atoms with Crippen LogP contribution in [0, 0.1) is 0 Å². The number of halogens is 2. The molecule has 1 amide bonds. The molecule has 2 aromatic carbocycles.